The maximum atomic E-state index is 13.0. The summed E-state index contributed by atoms with van der Waals surface area (Å²) in [5, 5.41) is 0.524. The Kier molecular flexibility index (Phi) is 4.28. The Hall–Kier alpha value is -0.890. The topological polar surface area (TPSA) is 17.1 Å². The van der Waals surface area contributed by atoms with Crippen molar-refractivity contribution < 1.29 is 9.18 Å². The van der Waals surface area contributed by atoms with Crippen molar-refractivity contribution in [2.24, 2.45) is 5.92 Å². The van der Waals surface area contributed by atoms with E-state index in [0.717, 1.165) is 6.42 Å². The first-order chi connectivity index (χ1) is 7.04. The van der Waals surface area contributed by atoms with Gasteiger partial charge in [0.1, 0.15) is 11.6 Å². The van der Waals surface area contributed by atoms with Gasteiger partial charge in [-0.25, -0.2) is 4.39 Å². The first kappa shape index (κ1) is 12.2. The lowest BCUT2D eigenvalue weighted by Gasteiger charge is -2.12. The summed E-state index contributed by atoms with van der Waals surface area (Å²) in [5.41, 5.74) is 0.707. The lowest BCUT2D eigenvalue weighted by Crippen LogP contribution is -2.13. The Morgan fingerprint density at radius 1 is 1.53 bits per heavy atom. The summed E-state index contributed by atoms with van der Waals surface area (Å²) in [7, 11) is 0. The first-order valence-corrected chi connectivity index (χ1v) is 5.36. The Morgan fingerprint density at radius 2 is 2.20 bits per heavy atom. The van der Waals surface area contributed by atoms with Crippen molar-refractivity contribution in [3.63, 3.8) is 0 Å². The van der Waals surface area contributed by atoms with Gasteiger partial charge >= 0.3 is 0 Å². The molecule has 1 aromatic rings. The molecular weight excluding hydrogens is 215 g/mol. The van der Waals surface area contributed by atoms with Crippen LogP contribution in [0.2, 0.25) is 5.02 Å². The Balaban J connectivity index is 2.87. The molecule has 82 valence electrons. The van der Waals surface area contributed by atoms with Crippen molar-refractivity contribution in [2.75, 3.05) is 0 Å². The zero-order valence-corrected chi connectivity index (χ0v) is 9.64. The van der Waals surface area contributed by atoms with Gasteiger partial charge in [-0.1, -0.05) is 18.5 Å². The van der Waals surface area contributed by atoms with E-state index in [-0.39, 0.29) is 17.5 Å². The lowest BCUT2D eigenvalue weighted by atomic mass is 9.93. The summed E-state index contributed by atoms with van der Waals surface area (Å²) < 4.78 is 13.0. The van der Waals surface area contributed by atoms with Crippen LogP contribution < -0.4 is 0 Å². The number of carbonyl (C=O) groups is 1. The Bertz CT molecular complexity index is 363. The molecule has 1 aromatic carbocycles. The molecule has 0 spiro atoms. The molecule has 1 rings (SSSR count). The van der Waals surface area contributed by atoms with Gasteiger partial charge < -0.3 is 0 Å². The lowest BCUT2D eigenvalue weighted by molar-refractivity contribution is -0.120. The number of Topliss-reactive ketones (excluding diaryl/α,β-unsaturated/α-hetero) is 1. The summed E-state index contributed by atoms with van der Waals surface area (Å²) in [6, 6.07) is 4.24. The van der Waals surface area contributed by atoms with Crippen molar-refractivity contribution in [3.05, 3.63) is 34.6 Å². The van der Waals surface area contributed by atoms with E-state index < -0.39 is 0 Å². The van der Waals surface area contributed by atoms with Crippen molar-refractivity contribution in [1.82, 2.24) is 0 Å². The number of ketones is 1. The summed E-state index contributed by atoms with van der Waals surface area (Å²) in [5.74, 6) is -0.255. The third kappa shape index (κ3) is 3.31. The summed E-state index contributed by atoms with van der Waals surface area (Å²) in [4.78, 5) is 11.2. The van der Waals surface area contributed by atoms with Crippen LogP contribution in [0.15, 0.2) is 18.2 Å². The van der Waals surface area contributed by atoms with Gasteiger partial charge in [-0.3, -0.25) is 4.79 Å². The van der Waals surface area contributed by atoms with Gasteiger partial charge in [-0.15, -0.1) is 0 Å². The van der Waals surface area contributed by atoms with E-state index in [1.165, 1.54) is 18.2 Å². The van der Waals surface area contributed by atoms with Gasteiger partial charge in [-0.2, -0.15) is 0 Å². The van der Waals surface area contributed by atoms with E-state index in [1.807, 2.05) is 6.92 Å². The molecule has 0 radical (unpaired) electrons. The van der Waals surface area contributed by atoms with Gasteiger partial charge in [0.15, 0.2) is 0 Å². The van der Waals surface area contributed by atoms with E-state index >= 15 is 0 Å². The second-order valence-electron chi connectivity index (χ2n) is 3.66. The molecule has 0 fully saturated rings. The van der Waals surface area contributed by atoms with Gasteiger partial charge in [-0.05, 0) is 43.5 Å². The number of halogens is 2. The van der Waals surface area contributed by atoms with Gasteiger partial charge in [0.25, 0.3) is 0 Å². The van der Waals surface area contributed by atoms with E-state index in [2.05, 4.69) is 0 Å². The van der Waals surface area contributed by atoms with E-state index in [4.69, 9.17) is 11.6 Å². The minimum atomic E-state index is -0.312. The second kappa shape index (κ2) is 5.26. The summed E-state index contributed by atoms with van der Waals surface area (Å²) >= 11 is 5.92. The molecule has 0 bridgehead atoms. The molecule has 1 unspecified atom stereocenters. The van der Waals surface area contributed by atoms with Gasteiger partial charge in [0, 0.05) is 10.9 Å². The third-order valence-electron chi connectivity index (χ3n) is 2.54. The van der Waals surface area contributed by atoms with E-state index in [0.29, 0.717) is 17.0 Å². The molecule has 0 amide bonds. The zero-order valence-electron chi connectivity index (χ0n) is 8.89. The largest absolute Gasteiger partial charge is 0.300 e. The fourth-order valence-corrected chi connectivity index (χ4v) is 1.74. The smallest absolute Gasteiger partial charge is 0.133 e. The first-order valence-electron chi connectivity index (χ1n) is 4.99. The number of carbonyl (C=O) groups excluding carboxylic acids is 1. The highest BCUT2D eigenvalue weighted by molar-refractivity contribution is 6.31. The van der Waals surface area contributed by atoms with Crippen LogP contribution in [0.25, 0.3) is 0 Å². The van der Waals surface area contributed by atoms with Crippen LogP contribution in [-0.4, -0.2) is 5.78 Å². The Labute approximate surface area is 94.3 Å². The number of rotatable bonds is 4. The fourth-order valence-electron chi connectivity index (χ4n) is 1.54. The molecule has 0 saturated heterocycles. The van der Waals surface area contributed by atoms with Crippen molar-refractivity contribution in [1.29, 1.82) is 0 Å². The monoisotopic (exact) mass is 228 g/mol. The quantitative estimate of drug-likeness (QED) is 0.769. The number of hydrogen-bond donors (Lipinski definition) is 0. The standard InChI is InChI=1S/C12H14ClFO/c1-3-9(8(2)15)6-10-7-11(14)4-5-12(10)13/h4-5,7,9H,3,6H2,1-2H3. The van der Waals surface area contributed by atoms with Crippen LogP contribution in [0.1, 0.15) is 25.8 Å². The van der Waals surface area contributed by atoms with Crippen molar-refractivity contribution in [2.45, 2.75) is 26.7 Å². The number of hydrogen-bond acceptors (Lipinski definition) is 1. The van der Waals surface area contributed by atoms with Crippen LogP contribution in [-0.2, 0) is 11.2 Å². The Morgan fingerprint density at radius 3 is 2.73 bits per heavy atom. The van der Waals surface area contributed by atoms with Crippen LogP contribution >= 0.6 is 11.6 Å². The van der Waals surface area contributed by atoms with Crippen molar-refractivity contribution in [3.8, 4) is 0 Å². The normalized spacial score (nSPS) is 12.5. The molecule has 0 heterocycles. The van der Waals surface area contributed by atoms with Crippen LogP contribution in [0.4, 0.5) is 4.39 Å². The van der Waals surface area contributed by atoms with Gasteiger partial charge in [0.2, 0.25) is 0 Å². The average Bonchev–Trinajstić information content (AvgIpc) is 2.18. The molecule has 0 saturated carbocycles. The minimum Gasteiger partial charge on any atom is -0.300 e. The number of benzene rings is 1. The maximum absolute atomic E-state index is 13.0. The predicted molar refractivity (Wildman–Crippen MR) is 59.6 cm³/mol. The molecule has 0 aliphatic carbocycles. The highest BCUT2D eigenvalue weighted by Crippen LogP contribution is 2.22. The van der Waals surface area contributed by atoms with Crippen LogP contribution in [0.3, 0.4) is 0 Å². The van der Waals surface area contributed by atoms with Crippen LogP contribution in [0.5, 0.6) is 0 Å². The highest BCUT2D eigenvalue weighted by Gasteiger charge is 2.14. The molecule has 3 heteroatoms. The zero-order chi connectivity index (χ0) is 11.4. The molecule has 0 N–H and O–H groups in total. The molecule has 0 aliphatic rings. The van der Waals surface area contributed by atoms with Crippen LogP contribution in [0, 0.1) is 11.7 Å². The SMILES string of the molecule is CCC(Cc1cc(F)ccc1Cl)C(C)=O. The highest BCUT2D eigenvalue weighted by atomic mass is 35.5. The van der Waals surface area contributed by atoms with Crippen molar-refractivity contribution >= 4 is 17.4 Å². The van der Waals surface area contributed by atoms with E-state index in [9.17, 15) is 9.18 Å². The third-order valence-corrected chi connectivity index (χ3v) is 2.91. The maximum Gasteiger partial charge on any atom is 0.133 e. The molecule has 1 nitrogen and oxygen atoms in total. The van der Waals surface area contributed by atoms with E-state index in [1.54, 1.807) is 6.92 Å². The fraction of sp³-hybridized carbons (Fsp3) is 0.417. The predicted octanol–water partition coefficient (Wildman–Crippen LogP) is 3.64. The molecular formula is C12H14ClFO. The minimum absolute atomic E-state index is 0.0655. The molecule has 0 aromatic heterocycles. The average molecular weight is 229 g/mol. The second-order valence-corrected chi connectivity index (χ2v) is 4.06. The summed E-state index contributed by atoms with van der Waals surface area (Å²) in [6.45, 7) is 3.50. The molecule has 1 atom stereocenters. The summed E-state index contributed by atoms with van der Waals surface area (Å²) in [6.07, 6.45) is 1.27. The molecule has 0 aliphatic heterocycles. The molecule has 15 heavy (non-hydrogen) atoms. The van der Waals surface area contributed by atoms with Gasteiger partial charge in [0.05, 0.1) is 0 Å².